The minimum atomic E-state index is -0.989. The summed E-state index contributed by atoms with van der Waals surface area (Å²) in [6.45, 7) is 0.320. The van der Waals surface area contributed by atoms with Crippen molar-refractivity contribution in [2.45, 2.75) is 18.9 Å². The zero-order chi connectivity index (χ0) is 15.6. The molecule has 0 saturated carbocycles. The van der Waals surface area contributed by atoms with Crippen molar-refractivity contribution in [3.63, 3.8) is 0 Å². The van der Waals surface area contributed by atoms with Gasteiger partial charge in [-0.1, -0.05) is 0 Å². The second-order valence-electron chi connectivity index (χ2n) is 4.85. The van der Waals surface area contributed by atoms with Gasteiger partial charge in [0.15, 0.2) is 0 Å². The van der Waals surface area contributed by atoms with Gasteiger partial charge in [-0.15, -0.1) is 11.3 Å². The minimum Gasteiger partial charge on any atom is -0.480 e. The Kier molecular flexibility index (Phi) is 5.00. The van der Waals surface area contributed by atoms with Crippen molar-refractivity contribution in [1.29, 1.82) is 0 Å². The van der Waals surface area contributed by atoms with E-state index in [-0.39, 0.29) is 18.4 Å². The van der Waals surface area contributed by atoms with E-state index in [9.17, 15) is 14.4 Å². The molecule has 2 heterocycles. The summed E-state index contributed by atoms with van der Waals surface area (Å²) >= 11 is 4.58. The third kappa shape index (κ3) is 3.62. The van der Waals surface area contributed by atoms with E-state index in [1.165, 1.54) is 21.1 Å². The second kappa shape index (κ2) is 6.57. The standard InChI is InChI=1S/C13H15BrN2O4S/c1-15(12(18)9-4-5-10(14)21-9)7-11(17)16-6-2-3-8(16)13(19)20/h4-5,8H,2-3,6-7H2,1H3,(H,19,20)/t8-/m1/s1. The van der Waals surface area contributed by atoms with Gasteiger partial charge in [0.05, 0.1) is 15.2 Å². The molecule has 6 nitrogen and oxygen atoms in total. The van der Waals surface area contributed by atoms with Crippen molar-refractivity contribution in [1.82, 2.24) is 9.80 Å². The van der Waals surface area contributed by atoms with Gasteiger partial charge in [0, 0.05) is 13.6 Å². The Morgan fingerprint density at radius 2 is 2.19 bits per heavy atom. The normalized spacial score (nSPS) is 17.8. The molecular formula is C13H15BrN2O4S. The van der Waals surface area contributed by atoms with E-state index < -0.39 is 12.0 Å². The predicted octanol–water partition coefficient (Wildman–Crippen LogP) is 1.66. The molecule has 1 aliphatic rings. The number of rotatable bonds is 4. The number of amides is 2. The maximum Gasteiger partial charge on any atom is 0.326 e. The van der Waals surface area contributed by atoms with Crippen LogP contribution >= 0.6 is 27.3 Å². The predicted molar refractivity (Wildman–Crippen MR) is 81.4 cm³/mol. The van der Waals surface area contributed by atoms with Crippen molar-refractivity contribution in [3.05, 3.63) is 20.8 Å². The molecule has 1 aromatic heterocycles. The Morgan fingerprint density at radius 1 is 1.48 bits per heavy atom. The van der Waals surface area contributed by atoms with Crippen molar-refractivity contribution in [2.75, 3.05) is 20.1 Å². The summed E-state index contributed by atoms with van der Waals surface area (Å²) in [6.07, 6.45) is 1.15. The van der Waals surface area contributed by atoms with Crippen LogP contribution in [0.3, 0.4) is 0 Å². The quantitative estimate of drug-likeness (QED) is 0.868. The fraction of sp³-hybridized carbons (Fsp3) is 0.462. The molecule has 1 aromatic rings. The van der Waals surface area contributed by atoms with E-state index in [1.54, 1.807) is 19.2 Å². The Balaban J connectivity index is 1.99. The number of carbonyl (C=O) groups is 3. The first-order chi connectivity index (χ1) is 9.90. The number of carboxylic acids is 1. The molecule has 0 aromatic carbocycles. The summed E-state index contributed by atoms with van der Waals surface area (Å²) in [7, 11) is 1.54. The van der Waals surface area contributed by atoms with Crippen LogP contribution in [0.4, 0.5) is 0 Å². The van der Waals surface area contributed by atoms with Gasteiger partial charge in [0.25, 0.3) is 5.91 Å². The molecule has 0 bridgehead atoms. The van der Waals surface area contributed by atoms with Gasteiger partial charge in [-0.2, -0.15) is 0 Å². The molecule has 0 spiro atoms. The minimum absolute atomic E-state index is 0.113. The number of hydrogen-bond acceptors (Lipinski definition) is 4. The summed E-state index contributed by atoms with van der Waals surface area (Å²) in [5, 5.41) is 9.08. The molecule has 1 aliphatic heterocycles. The number of carboxylic acid groups (broad SMARTS) is 1. The lowest BCUT2D eigenvalue weighted by atomic mass is 10.2. The van der Waals surface area contributed by atoms with Crippen molar-refractivity contribution >= 4 is 45.1 Å². The van der Waals surface area contributed by atoms with Crippen LogP contribution in [0.5, 0.6) is 0 Å². The van der Waals surface area contributed by atoms with E-state index >= 15 is 0 Å². The van der Waals surface area contributed by atoms with Gasteiger partial charge < -0.3 is 14.9 Å². The van der Waals surface area contributed by atoms with Gasteiger partial charge in [0.1, 0.15) is 6.04 Å². The Hall–Kier alpha value is -1.41. The van der Waals surface area contributed by atoms with Crippen LogP contribution in [0.25, 0.3) is 0 Å². The number of thiophene rings is 1. The number of likely N-dealkylation sites (tertiary alicyclic amines) is 1. The largest absolute Gasteiger partial charge is 0.480 e. The SMILES string of the molecule is CN(CC(=O)N1CCC[C@@H]1C(=O)O)C(=O)c1ccc(Br)s1. The van der Waals surface area contributed by atoms with Crippen molar-refractivity contribution in [2.24, 2.45) is 0 Å². The number of likely N-dealkylation sites (N-methyl/N-ethyl adjacent to an activating group) is 1. The number of aliphatic carboxylic acids is 1. The molecule has 8 heteroatoms. The molecule has 1 fully saturated rings. The van der Waals surface area contributed by atoms with Crippen LogP contribution in [-0.4, -0.2) is 58.9 Å². The maximum absolute atomic E-state index is 12.2. The fourth-order valence-corrected chi connectivity index (χ4v) is 3.69. The smallest absolute Gasteiger partial charge is 0.326 e. The highest BCUT2D eigenvalue weighted by molar-refractivity contribution is 9.11. The molecular weight excluding hydrogens is 360 g/mol. The van der Waals surface area contributed by atoms with E-state index in [0.717, 1.165) is 3.79 Å². The van der Waals surface area contributed by atoms with Crippen molar-refractivity contribution in [3.8, 4) is 0 Å². The molecule has 114 valence electrons. The summed E-state index contributed by atoms with van der Waals surface area (Å²) in [5.74, 6) is -1.56. The van der Waals surface area contributed by atoms with E-state index in [4.69, 9.17) is 5.11 Å². The van der Waals surface area contributed by atoms with Gasteiger partial charge in [0.2, 0.25) is 5.91 Å². The van der Waals surface area contributed by atoms with E-state index in [0.29, 0.717) is 24.3 Å². The molecule has 1 N–H and O–H groups in total. The summed E-state index contributed by atoms with van der Waals surface area (Å²) in [5.41, 5.74) is 0. The Morgan fingerprint density at radius 3 is 2.76 bits per heavy atom. The molecule has 0 aliphatic carbocycles. The van der Waals surface area contributed by atoms with Gasteiger partial charge >= 0.3 is 5.97 Å². The monoisotopic (exact) mass is 374 g/mol. The van der Waals surface area contributed by atoms with E-state index in [1.807, 2.05) is 0 Å². The zero-order valence-corrected chi connectivity index (χ0v) is 13.8. The topological polar surface area (TPSA) is 77.9 Å². The number of nitrogens with zero attached hydrogens (tertiary/aromatic N) is 2. The van der Waals surface area contributed by atoms with Crippen LogP contribution in [-0.2, 0) is 9.59 Å². The maximum atomic E-state index is 12.2. The molecule has 21 heavy (non-hydrogen) atoms. The third-order valence-corrected chi connectivity index (χ3v) is 4.97. The fourth-order valence-electron chi connectivity index (χ4n) is 2.30. The van der Waals surface area contributed by atoms with Crippen molar-refractivity contribution < 1.29 is 19.5 Å². The van der Waals surface area contributed by atoms with Crippen LogP contribution < -0.4 is 0 Å². The lowest BCUT2D eigenvalue weighted by Gasteiger charge is -2.24. The molecule has 0 radical (unpaired) electrons. The second-order valence-corrected chi connectivity index (χ2v) is 7.31. The first-order valence-electron chi connectivity index (χ1n) is 6.43. The number of carbonyl (C=O) groups excluding carboxylic acids is 2. The lowest BCUT2D eigenvalue weighted by molar-refractivity contribution is -0.148. The number of hydrogen-bond donors (Lipinski definition) is 1. The van der Waals surface area contributed by atoms with Gasteiger partial charge in [-0.05, 0) is 40.9 Å². The molecule has 1 atom stereocenters. The summed E-state index contributed by atoms with van der Waals surface area (Å²) in [4.78, 5) is 38.6. The molecule has 2 rings (SSSR count). The summed E-state index contributed by atoms with van der Waals surface area (Å²) in [6, 6.07) is 2.69. The third-order valence-electron chi connectivity index (χ3n) is 3.36. The van der Waals surface area contributed by atoms with E-state index in [2.05, 4.69) is 15.9 Å². The van der Waals surface area contributed by atoms with Crippen LogP contribution in [0.1, 0.15) is 22.5 Å². The zero-order valence-electron chi connectivity index (χ0n) is 11.4. The lowest BCUT2D eigenvalue weighted by Crippen LogP contribution is -2.45. The van der Waals surface area contributed by atoms with Crippen LogP contribution in [0, 0.1) is 0 Å². The molecule has 2 amide bonds. The molecule has 1 saturated heterocycles. The first-order valence-corrected chi connectivity index (χ1v) is 8.04. The van der Waals surface area contributed by atoms with Crippen LogP contribution in [0.2, 0.25) is 0 Å². The molecule has 0 unspecified atom stereocenters. The van der Waals surface area contributed by atoms with Crippen LogP contribution in [0.15, 0.2) is 15.9 Å². The number of halogens is 1. The highest BCUT2D eigenvalue weighted by Crippen LogP contribution is 2.23. The average molecular weight is 375 g/mol. The highest BCUT2D eigenvalue weighted by Gasteiger charge is 2.34. The summed E-state index contributed by atoms with van der Waals surface area (Å²) < 4.78 is 0.844. The Labute approximate surface area is 134 Å². The average Bonchev–Trinajstić information content (AvgIpc) is 3.05. The van der Waals surface area contributed by atoms with Gasteiger partial charge in [-0.25, -0.2) is 4.79 Å². The highest BCUT2D eigenvalue weighted by atomic mass is 79.9. The van der Waals surface area contributed by atoms with Gasteiger partial charge in [-0.3, -0.25) is 9.59 Å². The Bertz CT molecular complexity index is 574. The first kappa shape index (κ1) is 16.0.